The molecule has 0 aromatic heterocycles. The Hall–Kier alpha value is -1.94. The first-order chi connectivity index (χ1) is 14.9. The summed E-state index contributed by atoms with van der Waals surface area (Å²) in [6, 6.07) is 1.16. The molecule has 2 aliphatic rings. The van der Waals surface area contributed by atoms with E-state index in [-0.39, 0.29) is 23.8 Å². The number of likely N-dealkylation sites (N-methyl/N-ethyl adjacent to an activating group) is 1. The molecule has 2 amide bonds. The number of carbonyl (C=O) groups excluding carboxylic acids is 3. The van der Waals surface area contributed by atoms with Gasteiger partial charge < -0.3 is 20.7 Å². The van der Waals surface area contributed by atoms with Crippen molar-refractivity contribution in [1.82, 2.24) is 16.0 Å². The highest BCUT2D eigenvalue weighted by Crippen LogP contribution is 2.32. The predicted octanol–water partition coefficient (Wildman–Crippen LogP) is 2.95. The van der Waals surface area contributed by atoms with Gasteiger partial charge in [0, 0.05) is 18.4 Å². The first-order valence-electron chi connectivity index (χ1n) is 12.0. The molecule has 0 bridgehead atoms. The smallest absolute Gasteiger partial charge is 0.238 e. The Morgan fingerprint density at radius 2 is 1.97 bits per heavy atom. The molecule has 7 nitrogen and oxygen atoms in total. The van der Waals surface area contributed by atoms with Crippen molar-refractivity contribution in [3.63, 3.8) is 0 Å². The average Bonchev–Trinajstić information content (AvgIpc) is 3.42. The minimum Gasteiger partial charge on any atom is -0.356 e. The molecule has 1 aliphatic carbocycles. The third-order valence-corrected chi connectivity index (χ3v) is 6.33. The number of hydrogen-bond acceptors (Lipinski definition) is 5. The van der Waals surface area contributed by atoms with Crippen molar-refractivity contribution < 1.29 is 14.4 Å². The van der Waals surface area contributed by atoms with Crippen LogP contribution in [0, 0.1) is 35.0 Å². The molecule has 7 heteroatoms. The summed E-state index contributed by atoms with van der Waals surface area (Å²) in [5.41, 5.74) is 0. The molecule has 0 spiro atoms. The van der Waals surface area contributed by atoms with E-state index < -0.39 is 6.04 Å². The molecular weight excluding hydrogens is 392 g/mol. The molecule has 176 valence electrons. The Labute approximate surface area is 188 Å². The first-order valence-corrected chi connectivity index (χ1v) is 12.0. The van der Waals surface area contributed by atoms with Gasteiger partial charge in [-0.1, -0.05) is 40.0 Å². The SMILES string of the molecule is CCC[C@@H](C=O)C1CCCC1.CNC(CC(C)C)C(=O)NC(C#N)CC1CCNC1=O. The van der Waals surface area contributed by atoms with E-state index >= 15 is 0 Å². The normalized spacial score (nSPS) is 21.4. The van der Waals surface area contributed by atoms with E-state index in [1.54, 1.807) is 7.05 Å². The highest BCUT2D eigenvalue weighted by molar-refractivity contribution is 5.83. The van der Waals surface area contributed by atoms with Crippen LogP contribution in [0.3, 0.4) is 0 Å². The Morgan fingerprint density at radius 1 is 1.29 bits per heavy atom. The van der Waals surface area contributed by atoms with E-state index in [1.165, 1.54) is 32.0 Å². The molecule has 1 saturated carbocycles. The van der Waals surface area contributed by atoms with Gasteiger partial charge in [-0.3, -0.25) is 9.59 Å². The molecule has 0 aromatic rings. The zero-order chi connectivity index (χ0) is 23.2. The van der Waals surface area contributed by atoms with Gasteiger partial charge in [0.2, 0.25) is 11.8 Å². The molecule has 2 fully saturated rings. The summed E-state index contributed by atoms with van der Waals surface area (Å²) in [7, 11) is 1.73. The largest absolute Gasteiger partial charge is 0.356 e. The van der Waals surface area contributed by atoms with Gasteiger partial charge in [0.1, 0.15) is 12.3 Å². The predicted molar refractivity (Wildman–Crippen MR) is 122 cm³/mol. The topological polar surface area (TPSA) is 111 Å². The van der Waals surface area contributed by atoms with Crippen molar-refractivity contribution in [2.75, 3.05) is 13.6 Å². The molecule has 1 aliphatic heterocycles. The quantitative estimate of drug-likeness (QED) is 0.433. The Morgan fingerprint density at radius 3 is 2.42 bits per heavy atom. The van der Waals surface area contributed by atoms with Crippen molar-refractivity contribution in [1.29, 1.82) is 5.26 Å². The lowest BCUT2D eigenvalue weighted by molar-refractivity contribution is -0.125. The maximum Gasteiger partial charge on any atom is 0.238 e. The zero-order valence-corrected chi connectivity index (χ0v) is 19.8. The number of hydrogen-bond donors (Lipinski definition) is 3. The van der Waals surface area contributed by atoms with Crippen LogP contribution >= 0.6 is 0 Å². The van der Waals surface area contributed by atoms with Gasteiger partial charge in [-0.05, 0) is 57.4 Å². The maximum atomic E-state index is 12.1. The second kappa shape index (κ2) is 15.0. The van der Waals surface area contributed by atoms with E-state index in [0.29, 0.717) is 31.2 Å². The van der Waals surface area contributed by atoms with Crippen LogP contribution in [-0.4, -0.2) is 43.8 Å². The lowest BCUT2D eigenvalue weighted by atomic mass is 9.89. The van der Waals surface area contributed by atoms with Crippen molar-refractivity contribution >= 4 is 18.1 Å². The monoisotopic (exact) mass is 434 g/mol. The molecule has 1 saturated heterocycles. The second-order valence-electron chi connectivity index (χ2n) is 9.31. The van der Waals surface area contributed by atoms with Crippen LogP contribution < -0.4 is 16.0 Å². The molecule has 4 atom stereocenters. The van der Waals surface area contributed by atoms with Crippen LogP contribution in [0.2, 0.25) is 0 Å². The van der Waals surface area contributed by atoms with Gasteiger partial charge in [-0.25, -0.2) is 0 Å². The zero-order valence-electron chi connectivity index (χ0n) is 19.8. The Kier molecular flexibility index (Phi) is 13.1. The van der Waals surface area contributed by atoms with Crippen LogP contribution in [0.1, 0.15) is 78.6 Å². The van der Waals surface area contributed by atoms with Crippen LogP contribution in [0.5, 0.6) is 0 Å². The summed E-state index contributed by atoms with van der Waals surface area (Å²) in [4.78, 5) is 34.3. The van der Waals surface area contributed by atoms with Crippen molar-refractivity contribution in [3.05, 3.63) is 0 Å². The van der Waals surface area contributed by atoms with Gasteiger partial charge >= 0.3 is 0 Å². The van der Waals surface area contributed by atoms with Gasteiger partial charge in [0.15, 0.2) is 0 Å². The molecule has 1 heterocycles. The molecule has 3 unspecified atom stereocenters. The van der Waals surface area contributed by atoms with Gasteiger partial charge in [0.05, 0.1) is 12.1 Å². The molecule has 2 rings (SSSR count). The number of amides is 2. The lowest BCUT2D eigenvalue weighted by Crippen LogP contribution is -2.47. The highest BCUT2D eigenvalue weighted by atomic mass is 16.2. The number of nitriles is 1. The van der Waals surface area contributed by atoms with Crippen LogP contribution in [0.15, 0.2) is 0 Å². The van der Waals surface area contributed by atoms with Crippen molar-refractivity contribution in [2.24, 2.45) is 23.7 Å². The molecular formula is C24H42N4O3. The molecule has 0 radical (unpaired) electrons. The molecule has 3 N–H and O–H groups in total. The summed E-state index contributed by atoms with van der Waals surface area (Å²) in [5, 5.41) is 17.6. The maximum absolute atomic E-state index is 12.1. The number of nitrogens with one attached hydrogen (secondary N) is 3. The minimum absolute atomic E-state index is 0.0214. The van der Waals surface area contributed by atoms with E-state index in [1.807, 2.05) is 13.8 Å². The number of carbonyl (C=O) groups is 3. The van der Waals surface area contributed by atoms with Crippen molar-refractivity contribution in [2.45, 2.75) is 90.6 Å². The lowest BCUT2D eigenvalue weighted by Gasteiger charge is -2.21. The fraction of sp³-hybridized carbons (Fsp3) is 0.833. The number of aldehydes is 1. The highest BCUT2D eigenvalue weighted by Gasteiger charge is 2.29. The van der Waals surface area contributed by atoms with E-state index in [0.717, 1.165) is 25.2 Å². The summed E-state index contributed by atoms with van der Waals surface area (Å²) in [6.45, 7) is 6.90. The van der Waals surface area contributed by atoms with E-state index in [9.17, 15) is 14.4 Å². The third-order valence-electron chi connectivity index (χ3n) is 6.33. The summed E-state index contributed by atoms with van der Waals surface area (Å²) in [5.74, 6) is 1.13. The van der Waals surface area contributed by atoms with Gasteiger partial charge in [0.25, 0.3) is 0 Å². The van der Waals surface area contributed by atoms with E-state index in [4.69, 9.17) is 5.26 Å². The van der Waals surface area contributed by atoms with Crippen LogP contribution in [-0.2, 0) is 14.4 Å². The standard InChI is InChI=1S/C14H24N4O2.C10H18O/c1-9(2)6-12(16-3)14(20)18-11(8-15)7-10-4-5-17-13(10)19;1-2-5-10(8-11)9-6-3-4-7-9/h9-12,16H,4-7H2,1-3H3,(H,17,19)(H,18,20);8-10H,2-7H2,1H3/t;10-/m.0/s1. The summed E-state index contributed by atoms with van der Waals surface area (Å²) >= 11 is 0. The first kappa shape index (κ1) is 27.1. The fourth-order valence-corrected chi connectivity index (χ4v) is 4.53. The Bertz CT molecular complexity index is 596. The fourth-order valence-electron chi connectivity index (χ4n) is 4.53. The van der Waals surface area contributed by atoms with Gasteiger partial charge in [-0.2, -0.15) is 5.26 Å². The minimum atomic E-state index is -0.612. The van der Waals surface area contributed by atoms with Crippen molar-refractivity contribution in [3.8, 4) is 6.07 Å². The van der Waals surface area contributed by atoms with Crippen LogP contribution in [0.4, 0.5) is 0 Å². The molecule has 31 heavy (non-hydrogen) atoms. The van der Waals surface area contributed by atoms with Gasteiger partial charge in [-0.15, -0.1) is 0 Å². The summed E-state index contributed by atoms with van der Waals surface area (Å²) in [6.07, 6.45) is 10.5. The third kappa shape index (κ3) is 9.82. The number of rotatable bonds is 11. The number of nitrogens with zero attached hydrogens (tertiary/aromatic N) is 1. The van der Waals surface area contributed by atoms with Crippen LogP contribution in [0.25, 0.3) is 0 Å². The summed E-state index contributed by atoms with van der Waals surface area (Å²) < 4.78 is 0. The Balaban J connectivity index is 0.000000367. The second-order valence-corrected chi connectivity index (χ2v) is 9.31. The molecule has 0 aromatic carbocycles. The average molecular weight is 435 g/mol. The van der Waals surface area contributed by atoms with E-state index in [2.05, 4.69) is 28.9 Å².